The van der Waals surface area contributed by atoms with Crippen molar-refractivity contribution in [1.82, 2.24) is 10.2 Å². The molecule has 0 aromatic heterocycles. The van der Waals surface area contributed by atoms with Crippen molar-refractivity contribution in [1.29, 1.82) is 0 Å². The van der Waals surface area contributed by atoms with Gasteiger partial charge in [0.2, 0.25) is 11.8 Å². The number of hydrogen-bond donors (Lipinski definition) is 1. The monoisotopic (exact) mass is 444 g/mol. The van der Waals surface area contributed by atoms with Crippen LogP contribution in [0.2, 0.25) is 5.02 Å². The first-order valence-corrected chi connectivity index (χ1v) is 11.8. The van der Waals surface area contributed by atoms with E-state index in [9.17, 15) is 9.59 Å². The van der Waals surface area contributed by atoms with Crippen LogP contribution in [-0.4, -0.2) is 34.6 Å². The minimum absolute atomic E-state index is 0.0605. The summed E-state index contributed by atoms with van der Waals surface area (Å²) >= 11 is 7.62. The van der Waals surface area contributed by atoms with Crippen molar-refractivity contribution >= 4 is 35.2 Å². The van der Waals surface area contributed by atoms with Crippen molar-refractivity contribution in [3.8, 4) is 0 Å². The van der Waals surface area contributed by atoms with Gasteiger partial charge < -0.3 is 10.2 Å². The summed E-state index contributed by atoms with van der Waals surface area (Å²) in [5.74, 6) is 0.136. The third kappa shape index (κ3) is 6.51. The predicted molar refractivity (Wildman–Crippen MR) is 124 cm³/mol. The van der Waals surface area contributed by atoms with Crippen LogP contribution in [0.3, 0.4) is 0 Å². The second-order valence-electron chi connectivity index (χ2n) is 7.92. The van der Waals surface area contributed by atoms with Crippen LogP contribution in [0.4, 0.5) is 0 Å². The number of aryl methyl sites for hydroxylation is 1. The van der Waals surface area contributed by atoms with Gasteiger partial charge in [-0.05, 0) is 56.5 Å². The van der Waals surface area contributed by atoms with Gasteiger partial charge in [0, 0.05) is 22.5 Å². The van der Waals surface area contributed by atoms with E-state index in [1.165, 1.54) is 17.3 Å². The number of thioether (sulfide) groups is 1. The maximum Gasteiger partial charge on any atom is 0.242 e. The normalized spacial score (nSPS) is 15.0. The number of amides is 2. The maximum absolute atomic E-state index is 13.1. The smallest absolute Gasteiger partial charge is 0.242 e. The highest BCUT2D eigenvalue weighted by Crippen LogP contribution is 2.22. The molecule has 0 radical (unpaired) electrons. The van der Waals surface area contributed by atoms with Gasteiger partial charge in [-0.15, -0.1) is 11.8 Å². The first-order valence-electron chi connectivity index (χ1n) is 10.5. The first-order chi connectivity index (χ1) is 14.4. The molecule has 0 spiro atoms. The van der Waals surface area contributed by atoms with Gasteiger partial charge in [0.15, 0.2) is 0 Å². The van der Waals surface area contributed by atoms with Gasteiger partial charge in [-0.2, -0.15) is 0 Å². The third-order valence-electron chi connectivity index (χ3n) is 5.49. The van der Waals surface area contributed by atoms with Gasteiger partial charge in [0.1, 0.15) is 6.04 Å². The number of benzene rings is 2. The fourth-order valence-corrected chi connectivity index (χ4v) is 4.67. The number of nitrogens with one attached hydrogen (secondary N) is 1. The summed E-state index contributed by atoms with van der Waals surface area (Å²) in [6.07, 6.45) is 4.34. The molecule has 6 heteroatoms. The predicted octanol–water partition coefficient (Wildman–Crippen LogP) is 5.22. The molecular formula is C24H29ClN2O2S. The molecule has 1 saturated carbocycles. The van der Waals surface area contributed by atoms with Crippen molar-refractivity contribution in [3.05, 3.63) is 64.7 Å². The quantitative estimate of drug-likeness (QED) is 0.568. The van der Waals surface area contributed by atoms with Crippen molar-refractivity contribution in [2.75, 3.05) is 5.75 Å². The van der Waals surface area contributed by atoms with Crippen LogP contribution in [0.25, 0.3) is 0 Å². The van der Waals surface area contributed by atoms with E-state index in [-0.39, 0.29) is 23.6 Å². The van der Waals surface area contributed by atoms with E-state index in [2.05, 4.69) is 5.32 Å². The molecule has 1 N–H and O–H groups in total. The van der Waals surface area contributed by atoms with Crippen LogP contribution in [0, 0.1) is 6.92 Å². The molecule has 160 valence electrons. The van der Waals surface area contributed by atoms with E-state index in [4.69, 9.17) is 11.6 Å². The van der Waals surface area contributed by atoms with Gasteiger partial charge >= 0.3 is 0 Å². The average Bonchev–Trinajstić information content (AvgIpc) is 3.24. The second-order valence-corrected chi connectivity index (χ2v) is 9.40. The Kier molecular flexibility index (Phi) is 8.23. The third-order valence-corrected chi connectivity index (χ3v) is 6.73. The highest BCUT2D eigenvalue weighted by Gasteiger charge is 2.28. The Morgan fingerprint density at radius 2 is 1.87 bits per heavy atom. The summed E-state index contributed by atoms with van der Waals surface area (Å²) in [6.45, 7) is 4.20. The van der Waals surface area contributed by atoms with Gasteiger partial charge in [0.25, 0.3) is 0 Å². The lowest BCUT2D eigenvalue weighted by molar-refractivity contribution is -0.138. The fourth-order valence-electron chi connectivity index (χ4n) is 3.67. The van der Waals surface area contributed by atoms with Crippen LogP contribution >= 0.6 is 23.4 Å². The number of carbonyl (C=O) groups is 2. The molecular weight excluding hydrogens is 416 g/mol. The van der Waals surface area contributed by atoms with Crippen molar-refractivity contribution in [2.45, 2.75) is 63.1 Å². The molecule has 3 rings (SSSR count). The zero-order chi connectivity index (χ0) is 21.5. The van der Waals surface area contributed by atoms with Crippen LogP contribution in [0.5, 0.6) is 0 Å². The summed E-state index contributed by atoms with van der Waals surface area (Å²) in [5.41, 5.74) is 2.10. The molecule has 4 nitrogen and oxygen atoms in total. The number of rotatable bonds is 8. The van der Waals surface area contributed by atoms with Gasteiger partial charge in [-0.3, -0.25) is 9.59 Å². The minimum Gasteiger partial charge on any atom is -0.352 e. The Balaban J connectivity index is 1.70. The summed E-state index contributed by atoms with van der Waals surface area (Å²) in [7, 11) is 0. The maximum atomic E-state index is 13.1. The Labute approximate surface area is 188 Å². The average molecular weight is 445 g/mol. The molecule has 0 heterocycles. The molecule has 2 aromatic rings. The Hall–Kier alpha value is -1.98. The van der Waals surface area contributed by atoms with Crippen molar-refractivity contribution in [3.63, 3.8) is 0 Å². The van der Waals surface area contributed by atoms with Crippen molar-refractivity contribution < 1.29 is 9.59 Å². The van der Waals surface area contributed by atoms with E-state index in [0.717, 1.165) is 36.1 Å². The van der Waals surface area contributed by atoms with Gasteiger partial charge in [0.05, 0.1) is 5.75 Å². The Morgan fingerprint density at radius 3 is 2.53 bits per heavy atom. The molecule has 0 unspecified atom stereocenters. The summed E-state index contributed by atoms with van der Waals surface area (Å²) < 4.78 is 0. The van der Waals surface area contributed by atoms with Crippen LogP contribution < -0.4 is 5.32 Å². The lowest BCUT2D eigenvalue weighted by atomic mass is 10.1. The fraction of sp³-hybridized carbons (Fsp3) is 0.417. The van der Waals surface area contributed by atoms with Gasteiger partial charge in [-0.1, -0.05) is 54.3 Å². The first kappa shape index (κ1) is 22.7. The van der Waals surface area contributed by atoms with Crippen LogP contribution in [0.15, 0.2) is 53.4 Å². The summed E-state index contributed by atoms with van der Waals surface area (Å²) in [5, 5.41) is 3.75. The Bertz CT molecular complexity index is 866. The zero-order valence-corrected chi connectivity index (χ0v) is 19.1. The van der Waals surface area contributed by atoms with E-state index in [1.807, 2.05) is 56.3 Å². The largest absolute Gasteiger partial charge is 0.352 e. The highest BCUT2D eigenvalue weighted by atomic mass is 35.5. The molecule has 1 aliphatic rings. The standard InChI is InChI=1S/C24H29ClN2O2S/c1-17-10-12-22(13-11-17)30-16-23(28)27(15-19-6-5-7-20(25)14-19)18(2)24(29)26-21-8-3-4-9-21/h5-7,10-14,18,21H,3-4,8-9,15-16H2,1-2H3,(H,26,29)/t18-/m0/s1. The van der Waals surface area contributed by atoms with E-state index in [0.29, 0.717) is 11.6 Å². The Morgan fingerprint density at radius 1 is 1.17 bits per heavy atom. The number of nitrogens with zero attached hydrogens (tertiary/aromatic N) is 1. The van der Waals surface area contributed by atoms with Crippen molar-refractivity contribution in [2.24, 2.45) is 0 Å². The molecule has 0 saturated heterocycles. The lowest BCUT2D eigenvalue weighted by Gasteiger charge is -2.29. The number of hydrogen-bond acceptors (Lipinski definition) is 3. The molecule has 30 heavy (non-hydrogen) atoms. The summed E-state index contributed by atoms with van der Waals surface area (Å²) in [4.78, 5) is 28.7. The molecule has 1 atom stereocenters. The molecule has 0 aliphatic heterocycles. The SMILES string of the molecule is Cc1ccc(SCC(=O)N(Cc2cccc(Cl)c2)[C@@H](C)C(=O)NC2CCCC2)cc1. The second kappa shape index (κ2) is 10.9. The minimum atomic E-state index is -0.546. The van der Waals surface area contributed by atoms with Crippen LogP contribution in [-0.2, 0) is 16.1 Å². The van der Waals surface area contributed by atoms with E-state index < -0.39 is 6.04 Å². The molecule has 1 aliphatic carbocycles. The summed E-state index contributed by atoms with van der Waals surface area (Å²) in [6, 6.07) is 15.2. The molecule has 1 fully saturated rings. The molecule has 0 bridgehead atoms. The van der Waals surface area contributed by atoms with E-state index >= 15 is 0 Å². The number of carbonyl (C=O) groups excluding carboxylic acids is 2. The molecule has 2 aromatic carbocycles. The lowest BCUT2D eigenvalue weighted by Crippen LogP contribution is -2.50. The number of halogens is 1. The van der Waals surface area contributed by atoms with E-state index in [1.54, 1.807) is 11.0 Å². The zero-order valence-electron chi connectivity index (χ0n) is 17.6. The topological polar surface area (TPSA) is 49.4 Å². The highest BCUT2D eigenvalue weighted by molar-refractivity contribution is 8.00. The molecule has 2 amide bonds. The van der Waals surface area contributed by atoms with Gasteiger partial charge in [-0.25, -0.2) is 0 Å². The van der Waals surface area contributed by atoms with Crippen LogP contribution in [0.1, 0.15) is 43.7 Å².